The first-order valence-corrected chi connectivity index (χ1v) is 6.96. The summed E-state index contributed by atoms with van der Waals surface area (Å²) in [6.07, 6.45) is -4.64. The average Bonchev–Trinajstić information content (AvgIpc) is 2.78. The third-order valence-corrected chi connectivity index (χ3v) is 3.85. The minimum atomic E-state index is -4.64. The van der Waals surface area contributed by atoms with E-state index >= 15 is 0 Å². The van der Waals surface area contributed by atoms with Gasteiger partial charge in [-0.3, -0.25) is 19.7 Å². The van der Waals surface area contributed by atoms with E-state index in [0.717, 1.165) is 23.1 Å². The maximum Gasteiger partial charge on any atom is 0.416 e. The van der Waals surface area contributed by atoms with Crippen LogP contribution in [0.5, 0.6) is 0 Å². The maximum absolute atomic E-state index is 12.8. The summed E-state index contributed by atoms with van der Waals surface area (Å²) < 4.78 is 38.4. The van der Waals surface area contributed by atoms with Crippen LogP contribution in [0.2, 0.25) is 0 Å². The summed E-state index contributed by atoms with van der Waals surface area (Å²) >= 11 is 0. The van der Waals surface area contributed by atoms with Crippen LogP contribution in [0.3, 0.4) is 0 Å². The molecule has 0 bridgehead atoms. The highest BCUT2D eigenvalue weighted by atomic mass is 19.4. The summed E-state index contributed by atoms with van der Waals surface area (Å²) in [6, 6.07) is 5.85. The molecular weight excluding hydrogens is 341 g/mol. The predicted octanol–water partition coefficient (Wildman–Crippen LogP) is 3.72. The Labute approximate surface area is 138 Å². The van der Waals surface area contributed by atoms with E-state index in [-0.39, 0.29) is 28.1 Å². The number of fused-ring (bicyclic) bond motifs is 1. The molecule has 0 fully saturated rings. The van der Waals surface area contributed by atoms with Crippen molar-refractivity contribution >= 4 is 23.2 Å². The van der Waals surface area contributed by atoms with Gasteiger partial charge in [-0.2, -0.15) is 13.2 Å². The fourth-order valence-corrected chi connectivity index (χ4v) is 2.64. The van der Waals surface area contributed by atoms with Gasteiger partial charge in [0.15, 0.2) is 0 Å². The summed E-state index contributed by atoms with van der Waals surface area (Å²) in [5.41, 5.74) is -1.38. The van der Waals surface area contributed by atoms with Crippen LogP contribution in [-0.4, -0.2) is 16.7 Å². The molecule has 0 aliphatic carbocycles. The van der Waals surface area contributed by atoms with Gasteiger partial charge in [0.1, 0.15) is 0 Å². The molecule has 0 spiro atoms. The second kappa shape index (κ2) is 5.40. The number of anilines is 1. The molecule has 0 atom stereocenters. The standard InChI is InChI=1S/C16H9F3N2O4/c1-8-6-10(21(24)25)3-5-13(8)20-14(22)11-4-2-9(16(17,18)19)7-12(11)15(20)23/h2-7H,1H3. The molecule has 9 heteroatoms. The summed E-state index contributed by atoms with van der Waals surface area (Å²) in [6.45, 7) is 1.47. The van der Waals surface area contributed by atoms with Crippen LogP contribution in [0, 0.1) is 17.0 Å². The molecule has 0 aromatic heterocycles. The van der Waals surface area contributed by atoms with Gasteiger partial charge in [-0.1, -0.05) is 0 Å². The second-order valence-corrected chi connectivity index (χ2v) is 5.43. The molecule has 6 nitrogen and oxygen atoms in total. The number of hydrogen-bond acceptors (Lipinski definition) is 4. The van der Waals surface area contributed by atoms with Crippen molar-refractivity contribution in [1.82, 2.24) is 0 Å². The van der Waals surface area contributed by atoms with Gasteiger partial charge in [0.25, 0.3) is 17.5 Å². The molecular formula is C16H9F3N2O4. The monoisotopic (exact) mass is 350 g/mol. The van der Waals surface area contributed by atoms with Crippen LogP contribution < -0.4 is 4.90 Å². The van der Waals surface area contributed by atoms with Gasteiger partial charge in [0, 0.05) is 12.1 Å². The Balaban J connectivity index is 2.07. The molecule has 0 saturated carbocycles. The number of carbonyl (C=O) groups is 2. The Bertz CT molecular complexity index is 937. The number of alkyl halides is 3. The fourth-order valence-electron chi connectivity index (χ4n) is 2.64. The van der Waals surface area contributed by atoms with Gasteiger partial charge >= 0.3 is 6.18 Å². The topological polar surface area (TPSA) is 80.5 Å². The van der Waals surface area contributed by atoms with E-state index < -0.39 is 28.5 Å². The van der Waals surface area contributed by atoms with Crippen molar-refractivity contribution in [2.24, 2.45) is 0 Å². The number of non-ortho nitro benzene ring substituents is 1. The number of carbonyl (C=O) groups excluding carboxylic acids is 2. The first-order valence-electron chi connectivity index (χ1n) is 6.96. The van der Waals surface area contributed by atoms with Crippen molar-refractivity contribution in [3.05, 3.63) is 68.8 Å². The molecule has 3 rings (SSSR count). The number of hydrogen-bond donors (Lipinski definition) is 0. The highest BCUT2D eigenvalue weighted by Gasteiger charge is 2.40. The number of imide groups is 1. The number of amides is 2. The minimum absolute atomic E-state index is 0.0883. The zero-order chi connectivity index (χ0) is 18.5. The van der Waals surface area contributed by atoms with Gasteiger partial charge < -0.3 is 0 Å². The average molecular weight is 350 g/mol. The normalized spacial score (nSPS) is 14.0. The Kier molecular flexibility index (Phi) is 3.59. The van der Waals surface area contributed by atoms with E-state index in [1.165, 1.54) is 19.1 Å². The van der Waals surface area contributed by atoms with Crippen LogP contribution in [0.15, 0.2) is 36.4 Å². The molecule has 2 amide bonds. The van der Waals surface area contributed by atoms with Gasteiger partial charge in [0.2, 0.25) is 0 Å². The summed E-state index contributed by atoms with van der Waals surface area (Å²) in [5.74, 6) is -1.67. The van der Waals surface area contributed by atoms with Crippen LogP contribution >= 0.6 is 0 Å². The van der Waals surface area contributed by atoms with Crippen molar-refractivity contribution < 1.29 is 27.7 Å². The maximum atomic E-state index is 12.8. The van der Waals surface area contributed by atoms with E-state index in [0.29, 0.717) is 6.07 Å². The van der Waals surface area contributed by atoms with E-state index in [2.05, 4.69) is 0 Å². The smallest absolute Gasteiger partial charge is 0.268 e. The lowest BCUT2D eigenvalue weighted by Crippen LogP contribution is -2.30. The minimum Gasteiger partial charge on any atom is -0.268 e. The quantitative estimate of drug-likeness (QED) is 0.470. The summed E-state index contributed by atoms with van der Waals surface area (Å²) in [7, 11) is 0. The number of nitro groups is 1. The van der Waals surface area contributed by atoms with E-state index in [4.69, 9.17) is 0 Å². The molecule has 2 aromatic rings. The fraction of sp³-hybridized carbons (Fsp3) is 0.125. The lowest BCUT2D eigenvalue weighted by Gasteiger charge is -2.16. The van der Waals surface area contributed by atoms with Crippen LogP contribution in [0.4, 0.5) is 24.5 Å². The Hall–Kier alpha value is -3.23. The third kappa shape index (κ3) is 2.63. The lowest BCUT2D eigenvalue weighted by atomic mass is 10.1. The highest BCUT2D eigenvalue weighted by molar-refractivity contribution is 6.34. The van der Waals surface area contributed by atoms with Crippen molar-refractivity contribution in [2.45, 2.75) is 13.1 Å². The van der Waals surface area contributed by atoms with Crippen molar-refractivity contribution in [3.63, 3.8) is 0 Å². The van der Waals surface area contributed by atoms with Gasteiger partial charge in [-0.05, 0) is 36.8 Å². The van der Waals surface area contributed by atoms with E-state index in [1.54, 1.807) is 0 Å². The predicted molar refractivity (Wildman–Crippen MR) is 80.4 cm³/mol. The van der Waals surface area contributed by atoms with Crippen molar-refractivity contribution in [1.29, 1.82) is 0 Å². The number of nitrogens with zero attached hydrogens (tertiary/aromatic N) is 2. The SMILES string of the molecule is Cc1cc([N+](=O)[O-])ccc1N1C(=O)c2ccc(C(F)(F)F)cc2C1=O. The van der Waals surface area contributed by atoms with Gasteiger partial charge in [-0.25, -0.2) is 4.90 Å². The summed E-state index contributed by atoms with van der Waals surface area (Å²) in [4.78, 5) is 35.8. The van der Waals surface area contributed by atoms with Gasteiger partial charge in [-0.15, -0.1) is 0 Å². The summed E-state index contributed by atoms with van der Waals surface area (Å²) in [5, 5.41) is 10.8. The zero-order valence-electron chi connectivity index (χ0n) is 12.6. The number of halogens is 3. The zero-order valence-corrected chi connectivity index (χ0v) is 12.6. The number of benzene rings is 2. The molecule has 1 heterocycles. The molecule has 128 valence electrons. The van der Waals surface area contributed by atoms with Crippen molar-refractivity contribution in [3.8, 4) is 0 Å². The van der Waals surface area contributed by atoms with E-state index in [9.17, 15) is 32.9 Å². The number of nitro benzene ring substituents is 1. The molecule has 0 radical (unpaired) electrons. The Morgan fingerprint density at radius 2 is 1.64 bits per heavy atom. The molecule has 0 unspecified atom stereocenters. The van der Waals surface area contributed by atoms with E-state index in [1.807, 2.05) is 0 Å². The highest BCUT2D eigenvalue weighted by Crippen LogP contribution is 2.36. The van der Waals surface area contributed by atoms with Gasteiger partial charge in [0.05, 0.1) is 27.3 Å². The van der Waals surface area contributed by atoms with Crippen LogP contribution in [0.25, 0.3) is 0 Å². The molecule has 25 heavy (non-hydrogen) atoms. The molecule has 0 saturated heterocycles. The Morgan fingerprint density at radius 3 is 2.20 bits per heavy atom. The van der Waals surface area contributed by atoms with Crippen molar-refractivity contribution in [2.75, 3.05) is 4.90 Å². The number of rotatable bonds is 2. The lowest BCUT2D eigenvalue weighted by molar-refractivity contribution is -0.384. The molecule has 1 aliphatic heterocycles. The third-order valence-electron chi connectivity index (χ3n) is 3.85. The van der Waals surface area contributed by atoms with Crippen LogP contribution in [-0.2, 0) is 6.18 Å². The van der Waals surface area contributed by atoms with Crippen LogP contribution in [0.1, 0.15) is 31.8 Å². The largest absolute Gasteiger partial charge is 0.416 e. The first kappa shape index (κ1) is 16.6. The molecule has 0 N–H and O–H groups in total. The second-order valence-electron chi connectivity index (χ2n) is 5.43. The molecule has 1 aliphatic rings. The number of aryl methyl sites for hydroxylation is 1. The Morgan fingerprint density at radius 1 is 1.00 bits per heavy atom. The molecule has 2 aromatic carbocycles. The first-order chi connectivity index (χ1) is 11.6.